The van der Waals surface area contributed by atoms with E-state index in [4.69, 9.17) is 0 Å². The first-order valence-corrected chi connectivity index (χ1v) is 9.33. The number of rotatable bonds is 3. The van der Waals surface area contributed by atoms with Gasteiger partial charge in [0.15, 0.2) is 0 Å². The molecule has 0 aliphatic rings. The van der Waals surface area contributed by atoms with Crippen molar-refractivity contribution in [1.82, 2.24) is 19.3 Å². The predicted molar refractivity (Wildman–Crippen MR) is 115 cm³/mol. The number of para-hydroxylation sites is 1. The van der Waals surface area contributed by atoms with Gasteiger partial charge in [-0.1, -0.05) is 30.3 Å². The van der Waals surface area contributed by atoms with Gasteiger partial charge in [0.1, 0.15) is 0 Å². The predicted octanol–water partition coefficient (Wildman–Crippen LogP) is 5.22. The number of hydrogen-bond donors (Lipinski definition) is 0. The molecule has 5 aromatic rings. The van der Waals surface area contributed by atoms with Crippen molar-refractivity contribution in [2.24, 2.45) is 7.05 Å². The third-order valence-electron chi connectivity index (χ3n) is 4.41. The van der Waals surface area contributed by atoms with Gasteiger partial charge in [-0.05, 0) is 17.3 Å². The van der Waals surface area contributed by atoms with Gasteiger partial charge in [0.05, 0.1) is 5.82 Å². The monoisotopic (exact) mass is 571 g/mol. The minimum Gasteiger partial charge on any atom is -0.373 e. The Kier molecular flexibility index (Phi) is 7.53. The van der Waals surface area contributed by atoms with Crippen molar-refractivity contribution < 1.29 is 21.1 Å². The van der Waals surface area contributed by atoms with Gasteiger partial charge in [0.25, 0.3) is 0 Å². The van der Waals surface area contributed by atoms with Crippen LogP contribution in [0, 0.1) is 12.1 Å². The summed E-state index contributed by atoms with van der Waals surface area (Å²) in [6, 6.07) is 32.4. The van der Waals surface area contributed by atoms with E-state index in [1.165, 1.54) is 11.1 Å². The summed E-state index contributed by atoms with van der Waals surface area (Å²) >= 11 is 0. The Morgan fingerprint density at radius 1 is 0.767 bits per heavy atom. The average molecular weight is 572 g/mol. The fourth-order valence-corrected chi connectivity index (χ4v) is 2.97. The molecule has 30 heavy (non-hydrogen) atoms. The largest absolute Gasteiger partial charge is 2.00 e. The molecular weight excluding hydrogens is 551 g/mol. The van der Waals surface area contributed by atoms with E-state index in [0.29, 0.717) is 0 Å². The molecule has 0 spiro atoms. The van der Waals surface area contributed by atoms with Gasteiger partial charge in [0.2, 0.25) is 0 Å². The second kappa shape index (κ2) is 10.5. The third kappa shape index (κ3) is 5.22. The average Bonchev–Trinajstić information content (AvgIpc) is 3.48. The van der Waals surface area contributed by atoms with Crippen LogP contribution in [0.25, 0.3) is 28.2 Å². The van der Waals surface area contributed by atoms with E-state index in [-0.39, 0.29) is 21.1 Å². The van der Waals surface area contributed by atoms with Crippen molar-refractivity contribution in [3.05, 3.63) is 116 Å². The molecule has 0 saturated heterocycles. The Balaban J connectivity index is 0.000000184. The summed E-state index contributed by atoms with van der Waals surface area (Å²) in [5.41, 5.74) is 4.38. The van der Waals surface area contributed by atoms with E-state index in [1.807, 2.05) is 78.6 Å². The van der Waals surface area contributed by atoms with Crippen LogP contribution in [-0.4, -0.2) is 19.3 Å². The molecule has 0 aliphatic carbocycles. The number of aryl methyl sites for hydroxylation is 1. The maximum Gasteiger partial charge on any atom is 2.00 e. The van der Waals surface area contributed by atoms with Crippen LogP contribution < -0.4 is 0 Å². The third-order valence-corrected chi connectivity index (χ3v) is 4.41. The van der Waals surface area contributed by atoms with E-state index in [1.54, 1.807) is 17.1 Å². The molecule has 0 saturated carbocycles. The molecule has 0 unspecified atom stereocenters. The number of nitrogens with zero attached hydrogens (tertiary/aromatic N) is 4. The molecule has 2 aromatic heterocycles. The number of benzene rings is 3. The molecule has 4 nitrogen and oxygen atoms in total. The van der Waals surface area contributed by atoms with Gasteiger partial charge >= 0.3 is 21.1 Å². The normalized spacial score (nSPS) is 9.90. The van der Waals surface area contributed by atoms with Crippen molar-refractivity contribution >= 4 is 0 Å². The van der Waals surface area contributed by atoms with Gasteiger partial charge in [-0.25, -0.2) is 0 Å². The fourth-order valence-electron chi connectivity index (χ4n) is 2.97. The van der Waals surface area contributed by atoms with E-state index in [0.717, 1.165) is 17.1 Å². The second-order valence-electron chi connectivity index (χ2n) is 6.42. The standard InChI is InChI=1S/C16H13N2.C9H7N2.Pt/c1-18-11-10-17-16(18)15-9-5-8-14(12-15)13-6-3-2-4-7-13;1-2-5-9(6-3-1)11-8-4-7-10-11;/h2-8,10-12H,1H3;1-5,7-8H;/q2*-1;+2. The Bertz CT molecular complexity index is 1150. The molecule has 150 valence electrons. The van der Waals surface area contributed by atoms with Crippen molar-refractivity contribution in [1.29, 1.82) is 0 Å². The van der Waals surface area contributed by atoms with Crippen LogP contribution in [0.4, 0.5) is 0 Å². The first-order chi connectivity index (χ1) is 14.3. The van der Waals surface area contributed by atoms with E-state index >= 15 is 0 Å². The molecule has 0 N–H and O–H groups in total. The van der Waals surface area contributed by atoms with Crippen LogP contribution in [-0.2, 0) is 28.1 Å². The zero-order valence-corrected chi connectivity index (χ0v) is 18.7. The molecule has 3 aromatic carbocycles. The van der Waals surface area contributed by atoms with Crippen molar-refractivity contribution in [3.8, 4) is 28.2 Å². The minimum atomic E-state index is 0. The Morgan fingerprint density at radius 3 is 2.27 bits per heavy atom. The van der Waals surface area contributed by atoms with Gasteiger partial charge in [-0.15, -0.1) is 41.5 Å². The summed E-state index contributed by atoms with van der Waals surface area (Å²) < 4.78 is 3.78. The first kappa shape index (κ1) is 21.5. The van der Waals surface area contributed by atoms with Gasteiger partial charge in [0, 0.05) is 31.8 Å². The fraction of sp³-hybridized carbons (Fsp3) is 0.0400. The maximum absolute atomic E-state index is 4.35. The molecule has 0 atom stereocenters. The summed E-state index contributed by atoms with van der Waals surface area (Å²) in [6.07, 6.45) is 7.39. The molecule has 0 bridgehead atoms. The molecule has 0 aliphatic heterocycles. The maximum atomic E-state index is 4.35. The van der Waals surface area contributed by atoms with Crippen molar-refractivity contribution in [3.63, 3.8) is 0 Å². The summed E-state index contributed by atoms with van der Waals surface area (Å²) in [6.45, 7) is 0. The molecule has 0 amide bonds. The van der Waals surface area contributed by atoms with Crippen LogP contribution >= 0.6 is 0 Å². The van der Waals surface area contributed by atoms with E-state index in [2.05, 4.69) is 46.5 Å². The van der Waals surface area contributed by atoms with Crippen LogP contribution in [0.1, 0.15) is 0 Å². The van der Waals surface area contributed by atoms with E-state index in [9.17, 15) is 0 Å². The molecular formula is C25H20N4Pt. The SMILES string of the molecule is Cn1ccnc1-c1[c-]ccc(-c2ccccc2)c1.[Pt+2].[c-]1ccccc1-n1cccn1. The molecule has 2 heterocycles. The molecule has 5 rings (SSSR count). The Hall–Kier alpha value is -3.23. The minimum absolute atomic E-state index is 0. The van der Waals surface area contributed by atoms with Gasteiger partial charge < -0.3 is 4.57 Å². The van der Waals surface area contributed by atoms with E-state index < -0.39 is 0 Å². The van der Waals surface area contributed by atoms with Crippen LogP contribution in [0.15, 0.2) is 104 Å². The Morgan fingerprint density at radius 2 is 1.60 bits per heavy atom. The number of hydrogen-bond acceptors (Lipinski definition) is 2. The zero-order chi connectivity index (χ0) is 19.9. The number of imidazole rings is 1. The smallest absolute Gasteiger partial charge is 0.373 e. The zero-order valence-electron chi connectivity index (χ0n) is 16.4. The van der Waals surface area contributed by atoms with Gasteiger partial charge in [-0.3, -0.25) is 9.67 Å². The first-order valence-electron chi connectivity index (χ1n) is 9.33. The summed E-state index contributed by atoms with van der Waals surface area (Å²) in [5.74, 6) is 0.938. The quantitative estimate of drug-likeness (QED) is 0.279. The number of aromatic nitrogens is 4. The van der Waals surface area contributed by atoms with Gasteiger partial charge in [-0.2, -0.15) is 29.4 Å². The summed E-state index contributed by atoms with van der Waals surface area (Å²) in [7, 11) is 1.99. The second-order valence-corrected chi connectivity index (χ2v) is 6.42. The van der Waals surface area contributed by atoms with Crippen molar-refractivity contribution in [2.45, 2.75) is 0 Å². The van der Waals surface area contributed by atoms with Crippen LogP contribution in [0.5, 0.6) is 0 Å². The van der Waals surface area contributed by atoms with Crippen LogP contribution in [0.2, 0.25) is 0 Å². The Labute approximate surface area is 191 Å². The molecule has 0 fully saturated rings. The summed E-state index contributed by atoms with van der Waals surface area (Å²) in [5, 5.41) is 4.07. The topological polar surface area (TPSA) is 35.6 Å². The molecule has 5 heteroatoms. The molecule has 0 radical (unpaired) electrons. The van der Waals surface area contributed by atoms with Crippen molar-refractivity contribution in [2.75, 3.05) is 0 Å². The summed E-state index contributed by atoms with van der Waals surface area (Å²) in [4.78, 5) is 4.35. The van der Waals surface area contributed by atoms with Crippen LogP contribution in [0.3, 0.4) is 0 Å².